The molecule has 1 aliphatic rings. The number of hydrogen-bond donors (Lipinski definition) is 1. The summed E-state index contributed by atoms with van der Waals surface area (Å²) in [4.78, 5) is 21.3. The molecule has 0 saturated carbocycles. The number of carbonyl (C=O) groups is 1. The molecule has 0 radical (unpaired) electrons. The third-order valence-electron chi connectivity index (χ3n) is 5.05. The minimum Gasteiger partial charge on any atom is -0.378 e. The minimum absolute atomic E-state index is 0.155. The lowest BCUT2D eigenvalue weighted by molar-refractivity contribution is 0.102. The monoisotopic (exact) mass is 372 g/mol. The Morgan fingerprint density at radius 2 is 1.86 bits per heavy atom. The van der Waals surface area contributed by atoms with Crippen LogP contribution in [0.1, 0.15) is 22.3 Å². The van der Waals surface area contributed by atoms with Gasteiger partial charge in [-0.15, -0.1) is 0 Å². The molecule has 0 fully saturated rings. The zero-order chi connectivity index (χ0) is 19.5. The summed E-state index contributed by atoms with van der Waals surface area (Å²) in [6.45, 7) is 0.926. The summed E-state index contributed by atoms with van der Waals surface area (Å²) in [7, 11) is 3.98. The Kier molecular flexibility index (Phi) is 4.98. The lowest BCUT2D eigenvalue weighted by Gasteiger charge is -2.31. The largest absolute Gasteiger partial charge is 0.378 e. The smallest absolute Gasteiger partial charge is 0.257 e. The lowest BCUT2D eigenvalue weighted by Crippen LogP contribution is -2.25. The van der Waals surface area contributed by atoms with Gasteiger partial charge in [0.2, 0.25) is 0 Å². The molecule has 1 aromatic heterocycles. The first kappa shape index (κ1) is 18.0. The van der Waals surface area contributed by atoms with E-state index in [2.05, 4.69) is 39.5 Å². The molecule has 0 atom stereocenters. The van der Waals surface area contributed by atoms with Crippen LogP contribution in [0.2, 0.25) is 0 Å². The molecule has 2 heterocycles. The van der Waals surface area contributed by atoms with Gasteiger partial charge in [-0.1, -0.05) is 18.2 Å². The average Bonchev–Trinajstić information content (AvgIpc) is 2.74. The molecular weight excluding hydrogens is 348 g/mol. The van der Waals surface area contributed by atoms with Gasteiger partial charge in [0.05, 0.1) is 17.4 Å². The van der Waals surface area contributed by atoms with Crippen molar-refractivity contribution in [3.63, 3.8) is 0 Å². The molecule has 5 heteroatoms. The van der Waals surface area contributed by atoms with Crippen molar-refractivity contribution in [3.8, 4) is 0 Å². The molecule has 1 aliphatic heterocycles. The molecule has 5 nitrogen and oxygen atoms in total. The van der Waals surface area contributed by atoms with Gasteiger partial charge in [-0.05, 0) is 54.8 Å². The predicted octanol–water partition coefficient (Wildman–Crippen LogP) is 4.48. The van der Waals surface area contributed by atoms with E-state index in [1.54, 1.807) is 6.20 Å². The summed E-state index contributed by atoms with van der Waals surface area (Å²) in [5, 5.41) is 2.96. The van der Waals surface area contributed by atoms with E-state index in [1.807, 2.05) is 55.5 Å². The van der Waals surface area contributed by atoms with Gasteiger partial charge >= 0.3 is 0 Å². The number of nitrogens with one attached hydrogen (secondary N) is 1. The first-order valence-corrected chi connectivity index (χ1v) is 9.51. The Morgan fingerprint density at radius 1 is 1.07 bits per heavy atom. The first-order chi connectivity index (χ1) is 13.6. The van der Waals surface area contributed by atoms with E-state index in [4.69, 9.17) is 0 Å². The van der Waals surface area contributed by atoms with Crippen molar-refractivity contribution in [2.45, 2.75) is 12.8 Å². The summed E-state index contributed by atoms with van der Waals surface area (Å²) in [6.07, 6.45) is 5.61. The van der Waals surface area contributed by atoms with Gasteiger partial charge in [0.1, 0.15) is 0 Å². The van der Waals surface area contributed by atoms with E-state index >= 15 is 0 Å². The Bertz CT molecular complexity index is 982. The highest BCUT2D eigenvalue weighted by atomic mass is 16.1. The van der Waals surface area contributed by atoms with Gasteiger partial charge in [-0.2, -0.15) is 0 Å². The molecule has 28 heavy (non-hydrogen) atoms. The topological polar surface area (TPSA) is 48.5 Å². The molecule has 0 aliphatic carbocycles. The van der Waals surface area contributed by atoms with Crippen LogP contribution in [0.5, 0.6) is 0 Å². The highest BCUT2D eigenvalue weighted by Gasteiger charge is 2.19. The van der Waals surface area contributed by atoms with Gasteiger partial charge in [0.25, 0.3) is 5.91 Å². The molecule has 1 N–H and O–H groups in total. The third-order valence-corrected chi connectivity index (χ3v) is 5.05. The minimum atomic E-state index is -0.155. The van der Waals surface area contributed by atoms with E-state index in [-0.39, 0.29) is 5.91 Å². The van der Waals surface area contributed by atoms with Gasteiger partial charge in [0.15, 0.2) is 0 Å². The van der Waals surface area contributed by atoms with E-state index < -0.39 is 0 Å². The van der Waals surface area contributed by atoms with E-state index in [0.717, 1.165) is 36.4 Å². The van der Waals surface area contributed by atoms with Gasteiger partial charge < -0.3 is 15.1 Å². The number of anilines is 4. The molecule has 0 unspecified atom stereocenters. The number of nitrogens with zero attached hydrogens (tertiary/aromatic N) is 3. The van der Waals surface area contributed by atoms with Crippen molar-refractivity contribution in [2.75, 3.05) is 35.8 Å². The summed E-state index contributed by atoms with van der Waals surface area (Å²) in [5.74, 6) is -0.155. The zero-order valence-electron chi connectivity index (χ0n) is 16.2. The molecule has 0 bridgehead atoms. The third kappa shape index (κ3) is 3.69. The van der Waals surface area contributed by atoms with Gasteiger partial charge in [0, 0.05) is 43.9 Å². The molecule has 0 spiro atoms. The number of amides is 1. The van der Waals surface area contributed by atoms with E-state index in [0.29, 0.717) is 5.56 Å². The first-order valence-electron chi connectivity index (χ1n) is 9.51. The predicted molar refractivity (Wildman–Crippen MR) is 115 cm³/mol. The molecule has 1 amide bonds. The van der Waals surface area contributed by atoms with Crippen molar-refractivity contribution in [1.29, 1.82) is 0 Å². The van der Waals surface area contributed by atoms with Crippen molar-refractivity contribution in [3.05, 3.63) is 78.1 Å². The summed E-state index contributed by atoms with van der Waals surface area (Å²) >= 11 is 0. The fraction of sp³-hybridized carbons (Fsp3) is 0.217. The van der Waals surface area contributed by atoms with Crippen LogP contribution in [0.4, 0.5) is 22.7 Å². The molecule has 2 aromatic carbocycles. The second kappa shape index (κ2) is 7.72. The number of aromatic nitrogens is 1. The molecule has 0 saturated heterocycles. The van der Waals surface area contributed by atoms with Crippen LogP contribution < -0.4 is 15.1 Å². The van der Waals surface area contributed by atoms with Crippen LogP contribution in [0.15, 0.2) is 67.0 Å². The van der Waals surface area contributed by atoms with Crippen LogP contribution in [-0.2, 0) is 6.42 Å². The summed E-state index contributed by atoms with van der Waals surface area (Å²) in [5.41, 5.74) is 5.90. The van der Waals surface area contributed by atoms with Crippen LogP contribution in [0.25, 0.3) is 0 Å². The number of aryl methyl sites for hydroxylation is 1. The molecule has 142 valence electrons. The van der Waals surface area contributed by atoms with Crippen LogP contribution in [0, 0.1) is 0 Å². The maximum atomic E-state index is 12.7. The maximum absolute atomic E-state index is 12.7. The standard InChI is InChI=1S/C23H24N4O/c1-26(2)20-11-9-19(10-12-20)25-23(28)18-14-21(16-24-15-18)27-13-5-7-17-6-3-4-8-22(17)27/h3-4,6,8-12,14-16H,5,7,13H2,1-2H3,(H,25,28). The Hall–Kier alpha value is -3.34. The summed E-state index contributed by atoms with van der Waals surface area (Å²) < 4.78 is 0. The fourth-order valence-corrected chi connectivity index (χ4v) is 3.55. The Balaban J connectivity index is 1.55. The Labute approximate surface area is 165 Å². The highest BCUT2D eigenvalue weighted by Crippen LogP contribution is 2.33. The number of carbonyl (C=O) groups excluding carboxylic acids is 1. The van der Waals surface area contributed by atoms with Crippen LogP contribution in [-0.4, -0.2) is 31.5 Å². The quantitative estimate of drug-likeness (QED) is 0.733. The fourth-order valence-electron chi connectivity index (χ4n) is 3.55. The molecule has 4 rings (SSSR count). The van der Waals surface area contributed by atoms with Gasteiger partial charge in [-0.3, -0.25) is 9.78 Å². The number of pyridine rings is 1. The number of benzene rings is 2. The van der Waals surface area contributed by atoms with Crippen LogP contribution in [0.3, 0.4) is 0 Å². The Morgan fingerprint density at radius 3 is 2.64 bits per heavy atom. The normalized spacial score (nSPS) is 13.0. The van der Waals surface area contributed by atoms with Gasteiger partial charge in [-0.25, -0.2) is 0 Å². The lowest BCUT2D eigenvalue weighted by atomic mass is 10.0. The average molecular weight is 372 g/mol. The van der Waals surface area contributed by atoms with Crippen molar-refractivity contribution < 1.29 is 4.79 Å². The highest BCUT2D eigenvalue weighted by molar-refractivity contribution is 6.04. The number of fused-ring (bicyclic) bond motifs is 1. The molecular formula is C23H24N4O. The zero-order valence-corrected chi connectivity index (χ0v) is 16.2. The SMILES string of the molecule is CN(C)c1ccc(NC(=O)c2cncc(N3CCCc4ccccc43)c2)cc1. The van der Waals surface area contributed by atoms with Crippen molar-refractivity contribution >= 4 is 28.7 Å². The van der Waals surface area contributed by atoms with Crippen molar-refractivity contribution in [2.24, 2.45) is 0 Å². The van der Waals surface area contributed by atoms with E-state index in [9.17, 15) is 4.79 Å². The number of para-hydroxylation sites is 1. The maximum Gasteiger partial charge on any atom is 0.257 e. The number of hydrogen-bond acceptors (Lipinski definition) is 4. The van der Waals surface area contributed by atoms with Crippen LogP contribution >= 0.6 is 0 Å². The molecule has 3 aromatic rings. The second-order valence-electron chi connectivity index (χ2n) is 7.21. The van der Waals surface area contributed by atoms with Crippen molar-refractivity contribution in [1.82, 2.24) is 4.98 Å². The van der Waals surface area contributed by atoms with E-state index in [1.165, 1.54) is 11.3 Å². The second-order valence-corrected chi connectivity index (χ2v) is 7.21. The number of rotatable bonds is 4. The summed E-state index contributed by atoms with van der Waals surface area (Å²) in [6, 6.07) is 18.1.